The number of anilines is 1. The van der Waals surface area contributed by atoms with Gasteiger partial charge in [0.15, 0.2) is 0 Å². The molecule has 2 rings (SSSR count). The fourth-order valence-electron chi connectivity index (χ4n) is 2.40. The Morgan fingerprint density at radius 2 is 1.75 bits per heavy atom. The molecule has 2 aromatic rings. The van der Waals surface area contributed by atoms with Crippen molar-refractivity contribution in [2.24, 2.45) is 0 Å². The molecule has 0 aliphatic heterocycles. The Hall–Kier alpha value is -2.94. The second-order valence-corrected chi connectivity index (χ2v) is 8.21. The second kappa shape index (κ2) is 8.83. The minimum absolute atomic E-state index is 0.0537. The van der Waals surface area contributed by atoms with Crippen molar-refractivity contribution in [2.45, 2.75) is 24.8 Å². The van der Waals surface area contributed by atoms with Crippen LogP contribution in [0.5, 0.6) is 0 Å². The molecule has 0 spiro atoms. The highest BCUT2D eigenvalue weighted by Crippen LogP contribution is 2.18. The molecule has 150 valence electrons. The Morgan fingerprint density at radius 1 is 1.11 bits per heavy atom. The number of sulfonamides is 1. The van der Waals surface area contributed by atoms with Gasteiger partial charge in [0, 0.05) is 24.3 Å². The van der Waals surface area contributed by atoms with Crippen LogP contribution >= 0.6 is 0 Å². The number of nitrogens with zero attached hydrogens (tertiary/aromatic N) is 1. The summed E-state index contributed by atoms with van der Waals surface area (Å²) in [5, 5.41) is 2.68. The Labute approximate surface area is 163 Å². The Balaban J connectivity index is 2.17. The van der Waals surface area contributed by atoms with Crippen LogP contribution in [0, 0.1) is 5.82 Å². The summed E-state index contributed by atoms with van der Waals surface area (Å²) in [5.41, 5.74) is 0.322. The van der Waals surface area contributed by atoms with Crippen molar-refractivity contribution in [3.05, 3.63) is 59.9 Å². The van der Waals surface area contributed by atoms with Gasteiger partial charge < -0.3 is 10.2 Å². The maximum absolute atomic E-state index is 13.0. The second-order valence-electron chi connectivity index (χ2n) is 6.52. The number of hydrogen-bond donors (Lipinski definition) is 2. The van der Waals surface area contributed by atoms with Crippen molar-refractivity contribution in [2.75, 3.05) is 18.3 Å². The Kier molecular flexibility index (Phi) is 6.74. The third-order valence-corrected chi connectivity index (χ3v) is 5.04. The van der Waals surface area contributed by atoms with Gasteiger partial charge in [0.1, 0.15) is 5.82 Å². The van der Waals surface area contributed by atoms with Crippen LogP contribution in [0.2, 0.25) is 0 Å². The molecule has 0 aliphatic carbocycles. The smallest absolute Gasteiger partial charge is 0.261 e. The summed E-state index contributed by atoms with van der Waals surface area (Å²) in [5.74, 6) is -1.29. The first-order chi connectivity index (χ1) is 13.1. The summed E-state index contributed by atoms with van der Waals surface area (Å²) in [6.45, 7) is 3.46. The van der Waals surface area contributed by atoms with E-state index in [0.29, 0.717) is 0 Å². The van der Waals surface area contributed by atoms with Crippen molar-refractivity contribution in [3.63, 3.8) is 0 Å². The first-order valence-corrected chi connectivity index (χ1v) is 10.00. The summed E-state index contributed by atoms with van der Waals surface area (Å²) < 4.78 is 40.4. The first kappa shape index (κ1) is 21.4. The fourth-order valence-corrected chi connectivity index (χ4v) is 3.51. The third-order valence-electron chi connectivity index (χ3n) is 3.66. The predicted octanol–water partition coefficient (Wildman–Crippen LogP) is 2.22. The Bertz CT molecular complexity index is 959. The highest BCUT2D eigenvalue weighted by molar-refractivity contribution is 7.92. The summed E-state index contributed by atoms with van der Waals surface area (Å²) in [7, 11) is -2.51. The van der Waals surface area contributed by atoms with Crippen molar-refractivity contribution >= 4 is 27.5 Å². The van der Waals surface area contributed by atoms with Crippen LogP contribution in [-0.2, 0) is 14.8 Å². The van der Waals surface area contributed by atoms with Crippen molar-refractivity contribution < 1.29 is 22.4 Å². The van der Waals surface area contributed by atoms with Gasteiger partial charge in [-0.05, 0) is 56.3 Å². The van der Waals surface area contributed by atoms with E-state index in [1.165, 1.54) is 48.3 Å². The lowest BCUT2D eigenvalue weighted by Crippen LogP contribution is -2.40. The van der Waals surface area contributed by atoms with E-state index in [1.807, 2.05) is 13.8 Å². The van der Waals surface area contributed by atoms with Gasteiger partial charge in [0.25, 0.3) is 15.9 Å². The molecule has 9 heteroatoms. The molecule has 0 saturated carbocycles. The molecular weight excluding hydrogens is 385 g/mol. The number of amides is 2. The maximum atomic E-state index is 13.0. The van der Waals surface area contributed by atoms with Crippen LogP contribution in [0.15, 0.2) is 53.4 Å². The van der Waals surface area contributed by atoms with Gasteiger partial charge in [-0.1, -0.05) is 6.07 Å². The SMILES string of the molecule is CC(C)NC(=O)CN(C)C(=O)c1cccc(S(=O)(=O)Nc2ccc(F)cc2)c1. The number of carbonyl (C=O) groups is 2. The lowest BCUT2D eigenvalue weighted by Gasteiger charge is -2.18. The number of rotatable bonds is 7. The summed E-state index contributed by atoms with van der Waals surface area (Å²) in [6, 6.07) is 10.3. The van der Waals surface area contributed by atoms with Crippen LogP contribution < -0.4 is 10.0 Å². The fraction of sp³-hybridized carbons (Fsp3) is 0.263. The number of halogens is 1. The lowest BCUT2D eigenvalue weighted by molar-refractivity contribution is -0.122. The van der Waals surface area contributed by atoms with E-state index in [2.05, 4.69) is 10.0 Å². The minimum Gasteiger partial charge on any atom is -0.352 e. The molecule has 0 heterocycles. The van der Waals surface area contributed by atoms with Crippen LogP contribution in [0.3, 0.4) is 0 Å². The molecule has 0 bridgehead atoms. The number of hydrogen-bond acceptors (Lipinski definition) is 4. The normalized spacial score (nSPS) is 11.2. The van der Waals surface area contributed by atoms with Gasteiger partial charge in [0.05, 0.1) is 11.4 Å². The summed E-state index contributed by atoms with van der Waals surface area (Å²) >= 11 is 0. The molecule has 0 unspecified atom stereocenters. The molecule has 0 aromatic heterocycles. The van der Waals surface area contributed by atoms with Gasteiger partial charge >= 0.3 is 0 Å². The van der Waals surface area contributed by atoms with E-state index in [-0.39, 0.29) is 34.6 Å². The monoisotopic (exact) mass is 407 g/mol. The predicted molar refractivity (Wildman–Crippen MR) is 104 cm³/mol. The van der Waals surface area contributed by atoms with Crippen molar-refractivity contribution in [1.82, 2.24) is 10.2 Å². The van der Waals surface area contributed by atoms with Crippen molar-refractivity contribution in [1.29, 1.82) is 0 Å². The van der Waals surface area contributed by atoms with Crippen molar-refractivity contribution in [3.8, 4) is 0 Å². The average molecular weight is 407 g/mol. The Morgan fingerprint density at radius 3 is 2.36 bits per heavy atom. The van der Waals surface area contributed by atoms with E-state index >= 15 is 0 Å². The van der Waals surface area contributed by atoms with Gasteiger partial charge in [-0.2, -0.15) is 0 Å². The molecule has 2 amide bonds. The zero-order valence-corrected chi connectivity index (χ0v) is 16.6. The third kappa shape index (κ3) is 5.78. The molecule has 0 saturated heterocycles. The highest BCUT2D eigenvalue weighted by atomic mass is 32.2. The topological polar surface area (TPSA) is 95.6 Å². The van der Waals surface area contributed by atoms with Crippen LogP contribution in [0.1, 0.15) is 24.2 Å². The minimum atomic E-state index is -3.97. The van der Waals surface area contributed by atoms with Gasteiger partial charge in [-0.25, -0.2) is 12.8 Å². The van der Waals surface area contributed by atoms with E-state index in [9.17, 15) is 22.4 Å². The number of likely N-dealkylation sites (N-methyl/N-ethyl adjacent to an activating group) is 1. The van der Waals surface area contributed by atoms with Gasteiger partial charge in [0.2, 0.25) is 5.91 Å². The summed E-state index contributed by atoms with van der Waals surface area (Å²) in [4.78, 5) is 25.4. The van der Waals surface area contributed by atoms with E-state index < -0.39 is 21.7 Å². The molecule has 2 aromatic carbocycles. The molecular formula is C19H22FN3O4S. The van der Waals surface area contributed by atoms with E-state index in [4.69, 9.17) is 0 Å². The number of benzene rings is 2. The quantitative estimate of drug-likeness (QED) is 0.736. The standard InChI is InChI=1S/C19H22FN3O4S/c1-13(2)21-18(24)12-23(3)19(25)14-5-4-6-17(11-14)28(26,27)22-16-9-7-15(20)8-10-16/h4-11,13,22H,12H2,1-3H3,(H,21,24). The molecule has 7 nitrogen and oxygen atoms in total. The van der Waals surface area contributed by atoms with E-state index in [1.54, 1.807) is 0 Å². The molecule has 0 radical (unpaired) electrons. The van der Waals surface area contributed by atoms with Crippen LogP contribution in [0.4, 0.5) is 10.1 Å². The first-order valence-electron chi connectivity index (χ1n) is 8.52. The van der Waals surface area contributed by atoms with Crippen LogP contribution in [-0.4, -0.2) is 44.8 Å². The number of nitrogens with one attached hydrogen (secondary N) is 2. The molecule has 2 N–H and O–H groups in total. The molecule has 28 heavy (non-hydrogen) atoms. The summed E-state index contributed by atoms with van der Waals surface area (Å²) in [6.07, 6.45) is 0. The van der Waals surface area contributed by atoms with Gasteiger partial charge in [-0.3, -0.25) is 14.3 Å². The zero-order valence-electron chi connectivity index (χ0n) is 15.8. The molecule has 0 fully saturated rings. The largest absolute Gasteiger partial charge is 0.352 e. The van der Waals surface area contributed by atoms with Crippen LogP contribution in [0.25, 0.3) is 0 Å². The highest BCUT2D eigenvalue weighted by Gasteiger charge is 2.19. The average Bonchev–Trinajstić information content (AvgIpc) is 2.62. The van der Waals surface area contributed by atoms with Gasteiger partial charge in [-0.15, -0.1) is 0 Å². The maximum Gasteiger partial charge on any atom is 0.261 e. The molecule has 0 atom stereocenters. The zero-order chi connectivity index (χ0) is 20.9. The number of carbonyl (C=O) groups excluding carboxylic acids is 2. The lowest BCUT2D eigenvalue weighted by atomic mass is 10.2. The molecule has 0 aliphatic rings. The van der Waals surface area contributed by atoms with E-state index in [0.717, 1.165) is 12.1 Å².